The number of carbonyl (C=O) groups excluding carboxylic acids is 2. The third-order valence-corrected chi connectivity index (χ3v) is 3.62. The van der Waals surface area contributed by atoms with Gasteiger partial charge in [-0.05, 0) is 25.0 Å². The van der Waals surface area contributed by atoms with Crippen LogP contribution in [0.4, 0.5) is 0 Å². The Hall–Kier alpha value is -2.63. The molecule has 2 amide bonds. The Kier molecular flexibility index (Phi) is 4.18. The van der Waals surface area contributed by atoms with Gasteiger partial charge < -0.3 is 9.30 Å². The summed E-state index contributed by atoms with van der Waals surface area (Å²) in [5.74, 6) is -0.0914. The van der Waals surface area contributed by atoms with Gasteiger partial charge in [0.25, 0.3) is 11.8 Å². The standard InChI is InChI=1S/C16H17N3O3/c20-15-11-22-14-6-2-1-5-13(14)16(21)19(15)9-4-3-8-18-10-7-17-12-18/h1-2,5-7,10,12H,3-4,8-9,11H2. The van der Waals surface area contributed by atoms with Crippen LogP contribution in [-0.2, 0) is 11.3 Å². The normalized spacial score (nSPS) is 14.5. The van der Waals surface area contributed by atoms with E-state index < -0.39 is 0 Å². The van der Waals surface area contributed by atoms with Gasteiger partial charge in [-0.1, -0.05) is 12.1 Å². The molecule has 1 aliphatic rings. The maximum atomic E-state index is 12.5. The molecule has 0 unspecified atom stereocenters. The van der Waals surface area contributed by atoms with Crippen molar-refractivity contribution in [1.82, 2.24) is 14.5 Å². The minimum atomic E-state index is -0.288. The summed E-state index contributed by atoms with van der Waals surface area (Å²) in [7, 11) is 0. The maximum absolute atomic E-state index is 12.5. The van der Waals surface area contributed by atoms with Crippen LogP contribution in [-0.4, -0.2) is 39.4 Å². The molecule has 0 saturated carbocycles. The summed E-state index contributed by atoms with van der Waals surface area (Å²) in [5.41, 5.74) is 0.447. The molecule has 2 heterocycles. The van der Waals surface area contributed by atoms with Crippen LogP contribution in [0.1, 0.15) is 23.2 Å². The third-order valence-electron chi connectivity index (χ3n) is 3.62. The van der Waals surface area contributed by atoms with Crippen molar-refractivity contribution in [2.75, 3.05) is 13.2 Å². The molecule has 0 radical (unpaired) electrons. The fourth-order valence-electron chi connectivity index (χ4n) is 2.45. The van der Waals surface area contributed by atoms with Gasteiger partial charge in [-0.3, -0.25) is 14.5 Å². The monoisotopic (exact) mass is 299 g/mol. The van der Waals surface area contributed by atoms with Crippen molar-refractivity contribution in [3.8, 4) is 5.75 Å². The van der Waals surface area contributed by atoms with Gasteiger partial charge in [0, 0.05) is 25.5 Å². The topological polar surface area (TPSA) is 64.4 Å². The van der Waals surface area contributed by atoms with Crippen molar-refractivity contribution < 1.29 is 14.3 Å². The van der Waals surface area contributed by atoms with Gasteiger partial charge in [0.1, 0.15) is 5.75 Å². The van der Waals surface area contributed by atoms with Gasteiger partial charge in [0.05, 0.1) is 11.9 Å². The van der Waals surface area contributed by atoms with Crippen LogP contribution < -0.4 is 4.74 Å². The molecule has 0 N–H and O–H groups in total. The fourth-order valence-corrected chi connectivity index (χ4v) is 2.45. The van der Waals surface area contributed by atoms with E-state index in [-0.39, 0.29) is 18.4 Å². The minimum Gasteiger partial charge on any atom is -0.483 e. The number of benzene rings is 1. The molecule has 0 aliphatic carbocycles. The lowest BCUT2D eigenvalue weighted by Gasteiger charge is -2.17. The molecule has 1 aliphatic heterocycles. The molecular weight excluding hydrogens is 282 g/mol. The van der Waals surface area contributed by atoms with E-state index in [9.17, 15) is 9.59 Å². The Balaban J connectivity index is 1.62. The highest BCUT2D eigenvalue weighted by Gasteiger charge is 2.28. The van der Waals surface area contributed by atoms with E-state index in [2.05, 4.69) is 4.98 Å². The zero-order valence-corrected chi connectivity index (χ0v) is 12.1. The van der Waals surface area contributed by atoms with Gasteiger partial charge in [0.15, 0.2) is 6.61 Å². The van der Waals surface area contributed by atoms with Gasteiger partial charge in [-0.2, -0.15) is 0 Å². The number of imide groups is 1. The number of hydrogen-bond acceptors (Lipinski definition) is 4. The van der Waals surface area contributed by atoms with E-state index in [4.69, 9.17) is 4.74 Å². The molecule has 1 aromatic heterocycles. The zero-order valence-electron chi connectivity index (χ0n) is 12.1. The largest absolute Gasteiger partial charge is 0.483 e. The van der Waals surface area contributed by atoms with E-state index >= 15 is 0 Å². The number of aromatic nitrogens is 2. The first-order valence-electron chi connectivity index (χ1n) is 7.28. The van der Waals surface area contributed by atoms with Crippen molar-refractivity contribution in [2.24, 2.45) is 0 Å². The van der Waals surface area contributed by atoms with Gasteiger partial charge in [0.2, 0.25) is 0 Å². The van der Waals surface area contributed by atoms with Gasteiger partial charge >= 0.3 is 0 Å². The first kappa shape index (κ1) is 14.3. The summed E-state index contributed by atoms with van der Waals surface area (Å²) in [5, 5.41) is 0. The van der Waals surface area contributed by atoms with Crippen LogP contribution in [0.2, 0.25) is 0 Å². The molecule has 6 nitrogen and oxygen atoms in total. The highest BCUT2D eigenvalue weighted by Crippen LogP contribution is 2.23. The quantitative estimate of drug-likeness (QED) is 0.623. The van der Waals surface area contributed by atoms with Crippen molar-refractivity contribution in [1.29, 1.82) is 0 Å². The number of unbranched alkanes of at least 4 members (excludes halogenated alkanes) is 1. The Bertz CT molecular complexity index is 667. The number of fused-ring (bicyclic) bond motifs is 1. The Morgan fingerprint density at radius 2 is 1.95 bits per heavy atom. The molecule has 0 fully saturated rings. The molecule has 2 aromatic rings. The van der Waals surface area contributed by atoms with Crippen LogP contribution in [0.15, 0.2) is 43.0 Å². The summed E-state index contributed by atoms with van der Waals surface area (Å²) in [6, 6.07) is 6.96. The summed E-state index contributed by atoms with van der Waals surface area (Å²) in [4.78, 5) is 29.8. The second kappa shape index (κ2) is 6.43. The lowest BCUT2D eigenvalue weighted by molar-refractivity contribution is -0.130. The first-order valence-corrected chi connectivity index (χ1v) is 7.28. The molecule has 3 rings (SSSR count). The van der Waals surface area contributed by atoms with E-state index in [0.717, 1.165) is 19.4 Å². The number of para-hydroxylation sites is 1. The molecule has 0 atom stereocenters. The van der Waals surface area contributed by atoms with E-state index in [0.29, 0.717) is 17.9 Å². The molecule has 6 heteroatoms. The van der Waals surface area contributed by atoms with Crippen LogP contribution >= 0.6 is 0 Å². The molecule has 0 bridgehead atoms. The summed E-state index contributed by atoms with van der Waals surface area (Å²) < 4.78 is 7.38. The highest BCUT2D eigenvalue weighted by molar-refractivity contribution is 6.07. The average Bonchev–Trinajstić information content (AvgIpc) is 3.02. The number of rotatable bonds is 5. The number of aryl methyl sites for hydroxylation is 1. The van der Waals surface area contributed by atoms with Crippen molar-refractivity contribution in [3.05, 3.63) is 48.5 Å². The number of nitrogens with zero attached hydrogens (tertiary/aromatic N) is 3. The summed E-state index contributed by atoms with van der Waals surface area (Å²) >= 11 is 0. The van der Waals surface area contributed by atoms with Gasteiger partial charge in [-0.15, -0.1) is 0 Å². The molecular formula is C16H17N3O3. The molecule has 114 valence electrons. The smallest absolute Gasteiger partial charge is 0.267 e. The third kappa shape index (κ3) is 3.00. The Labute approximate surface area is 128 Å². The van der Waals surface area contributed by atoms with Crippen molar-refractivity contribution in [2.45, 2.75) is 19.4 Å². The van der Waals surface area contributed by atoms with E-state index in [1.54, 1.807) is 36.8 Å². The number of hydrogen-bond donors (Lipinski definition) is 0. The number of imidazole rings is 1. The summed E-state index contributed by atoms with van der Waals surface area (Å²) in [6.07, 6.45) is 7.00. The predicted octanol–water partition coefficient (Wildman–Crippen LogP) is 1.72. The van der Waals surface area contributed by atoms with Crippen LogP contribution in [0.3, 0.4) is 0 Å². The average molecular weight is 299 g/mol. The Morgan fingerprint density at radius 3 is 2.77 bits per heavy atom. The number of amides is 2. The molecule has 22 heavy (non-hydrogen) atoms. The SMILES string of the molecule is O=C1COc2ccccc2C(=O)N1CCCCn1ccnc1. The predicted molar refractivity (Wildman–Crippen MR) is 79.4 cm³/mol. The lowest BCUT2D eigenvalue weighted by atomic mass is 10.1. The van der Waals surface area contributed by atoms with E-state index in [1.165, 1.54) is 4.90 Å². The van der Waals surface area contributed by atoms with Crippen LogP contribution in [0.5, 0.6) is 5.75 Å². The second-order valence-corrected chi connectivity index (χ2v) is 5.14. The lowest BCUT2D eigenvalue weighted by Crippen LogP contribution is -2.38. The van der Waals surface area contributed by atoms with Crippen LogP contribution in [0, 0.1) is 0 Å². The maximum Gasteiger partial charge on any atom is 0.267 e. The Morgan fingerprint density at radius 1 is 1.14 bits per heavy atom. The van der Waals surface area contributed by atoms with Crippen LogP contribution in [0.25, 0.3) is 0 Å². The van der Waals surface area contributed by atoms with Crippen molar-refractivity contribution >= 4 is 11.8 Å². The van der Waals surface area contributed by atoms with Crippen molar-refractivity contribution in [3.63, 3.8) is 0 Å². The fraction of sp³-hybridized carbons (Fsp3) is 0.312. The number of carbonyl (C=O) groups is 2. The number of ether oxygens (including phenoxy) is 1. The van der Waals surface area contributed by atoms with E-state index in [1.807, 2.05) is 10.8 Å². The first-order chi connectivity index (χ1) is 10.8. The zero-order chi connectivity index (χ0) is 15.4. The molecule has 1 aromatic carbocycles. The summed E-state index contributed by atoms with van der Waals surface area (Å²) in [6.45, 7) is 1.14. The van der Waals surface area contributed by atoms with Gasteiger partial charge in [-0.25, -0.2) is 4.98 Å². The minimum absolute atomic E-state index is 0.0930. The highest BCUT2D eigenvalue weighted by atomic mass is 16.5. The molecule has 0 saturated heterocycles. The second-order valence-electron chi connectivity index (χ2n) is 5.14. The molecule has 0 spiro atoms.